The standard InChI is InChI=1S/C20H24N4O3S.C2HF3O2/c21-19(22)17-8-4-7-16(13-17)14-24-11-9-18(20(24)25)23-28(26,27)12-10-15-5-2-1-3-6-15;3-2(4,5)1(6)7/h1-8,13,18,23H,9-12,14H2,(H3,21,22);(H,6,7). The van der Waals surface area contributed by atoms with Gasteiger partial charge in [-0.25, -0.2) is 17.9 Å². The van der Waals surface area contributed by atoms with E-state index in [4.69, 9.17) is 21.0 Å². The molecule has 190 valence electrons. The number of aliphatic carboxylic acids is 1. The molecular weight excluding hydrogens is 489 g/mol. The first kappa shape index (κ1) is 27.8. The number of carboxylic acids is 1. The number of halogens is 3. The zero-order valence-corrected chi connectivity index (χ0v) is 19.3. The number of amidine groups is 1. The smallest absolute Gasteiger partial charge is 0.475 e. The van der Waals surface area contributed by atoms with Gasteiger partial charge in [-0.05, 0) is 30.0 Å². The SMILES string of the molecule is N=C(N)c1cccc(CN2CCC(NS(=O)(=O)CCc3ccccc3)C2=O)c1.O=C(O)C(F)(F)F. The monoisotopic (exact) mass is 514 g/mol. The number of amides is 1. The molecule has 1 aliphatic rings. The van der Waals surface area contributed by atoms with Gasteiger partial charge in [0.2, 0.25) is 15.9 Å². The molecule has 0 radical (unpaired) electrons. The van der Waals surface area contributed by atoms with E-state index in [2.05, 4.69) is 4.72 Å². The number of nitrogens with two attached hydrogens (primary N) is 1. The number of benzene rings is 2. The highest BCUT2D eigenvalue weighted by atomic mass is 32.2. The van der Waals surface area contributed by atoms with E-state index < -0.39 is 28.2 Å². The van der Waals surface area contributed by atoms with Crippen molar-refractivity contribution in [3.63, 3.8) is 0 Å². The maximum absolute atomic E-state index is 12.6. The second-order valence-electron chi connectivity index (χ2n) is 7.69. The summed E-state index contributed by atoms with van der Waals surface area (Å²) in [4.78, 5) is 23.1. The number of carboxylic acid groups (broad SMARTS) is 1. The van der Waals surface area contributed by atoms with Gasteiger partial charge < -0.3 is 15.7 Å². The molecule has 0 saturated carbocycles. The van der Waals surface area contributed by atoms with Crippen molar-refractivity contribution in [2.75, 3.05) is 12.3 Å². The summed E-state index contributed by atoms with van der Waals surface area (Å²) in [5.74, 6) is -3.07. The maximum atomic E-state index is 12.6. The molecular formula is C22H25F3N4O5S. The van der Waals surface area contributed by atoms with Crippen LogP contribution in [-0.4, -0.2) is 60.7 Å². The molecule has 0 spiro atoms. The molecule has 2 aromatic rings. The number of carbonyl (C=O) groups is 2. The van der Waals surface area contributed by atoms with Gasteiger partial charge in [-0.2, -0.15) is 13.2 Å². The van der Waals surface area contributed by atoms with Gasteiger partial charge in [0, 0.05) is 18.7 Å². The number of nitrogen functional groups attached to an aromatic ring is 1. The van der Waals surface area contributed by atoms with Crippen molar-refractivity contribution in [2.45, 2.75) is 31.6 Å². The predicted molar refractivity (Wildman–Crippen MR) is 122 cm³/mol. The molecule has 5 N–H and O–H groups in total. The second-order valence-corrected chi connectivity index (χ2v) is 9.56. The average molecular weight is 515 g/mol. The lowest BCUT2D eigenvalue weighted by molar-refractivity contribution is -0.192. The third-order valence-corrected chi connectivity index (χ3v) is 6.36. The average Bonchev–Trinajstić information content (AvgIpc) is 3.11. The summed E-state index contributed by atoms with van der Waals surface area (Å²) in [6.45, 7) is 0.844. The molecule has 2 aromatic carbocycles. The minimum Gasteiger partial charge on any atom is -0.475 e. The van der Waals surface area contributed by atoms with E-state index in [-0.39, 0.29) is 17.5 Å². The Labute approximate surface area is 200 Å². The lowest BCUT2D eigenvalue weighted by Crippen LogP contribution is -2.42. The van der Waals surface area contributed by atoms with Crippen molar-refractivity contribution in [2.24, 2.45) is 5.73 Å². The Morgan fingerprint density at radius 2 is 1.74 bits per heavy atom. The summed E-state index contributed by atoms with van der Waals surface area (Å²) >= 11 is 0. The lowest BCUT2D eigenvalue weighted by Gasteiger charge is -2.18. The van der Waals surface area contributed by atoms with Gasteiger partial charge in [-0.15, -0.1) is 0 Å². The molecule has 9 nitrogen and oxygen atoms in total. The summed E-state index contributed by atoms with van der Waals surface area (Å²) in [6.07, 6.45) is -4.24. The molecule has 13 heteroatoms. The molecule has 3 rings (SSSR count). The lowest BCUT2D eigenvalue weighted by atomic mass is 10.1. The fourth-order valence-electron chi connectivity index (χ4n) is 3.24. The number of hydrogen-bond acceptors (Lipinski definition) is 5. The quantitative estimate of drug-likeness (QED) is 0.312. The van der Waals surface area contributed by atoms with E-state index in [1.165, 1.54) is 0 Å². The maximum Gasteiger partial charge on any atom is 0.490 e. The highest BCUT2D eigenvalue weighted by Crippen LogP contribution is 2.17. The van der Waals surface area contributed by atoms with Crippen LogP contribution in [-0.2, 0) is 32.6 Å². The first-order valence-corrected chi connectivity index (χ1v) is 12.0. The Morgan fingerprint density at radius 3 is 2.31 bits per heavy atom. The third-order valence-electron chi connectivity index (χ3n) is 4.98. The van der Waals surface area contributed by atoms with Crippen LogP contribution in [0.25, 0.3) is 0 Å². The molecule has 1 heterocycles. The Hall–Kier alpha value is -3.45. The number of sulfonamides is 1. The zero-order valence-electron chi connectivity index (χ0n) is 18.5. The molecule has 0 bridgehead atoms. The highest BCUT2D eigenvalue weighted by Gasteiger charge is 2.38. The summed E-state index contributed by atoms with van der Waals surface area (Å²) in [6, 6.07) is 15.8. The number of likely N-dealkylation sites (tertiary alicyclic amines) is 1. The number of nitrogens with zero attached hydrogens (tertiary/aromatic N) is 1. The normalized spacial score (nSPS) is 15.9. The Balaban J connectivity index is 0.000000540. The topological polar surface area (TPSA) is 154 Å². The molecule has 35 heavy (non-hydrogen) atoms. The minimum absolute atomic E-state index is 0.0290. The van der Waals surface area contributed by atoms with Crippen LogP contribution in [0.3, 0.4) is 0 Å². The third kappa shape index (κ3) is 9.02. The van der Waals surface area contributed by atoms with E-state index in [0.29, 0.717) is 31.5 Å². The molecule has 1 atom stereocenters. The van der Waals surface area contributed by atoms with Crippen molar-refractivity contribution in [3.8, 4) is 0 Å². The van der Waals surface area contributed by atoms with Crippen LogP contribution < -0.4 is 10.5 Å². The van der Waals surface area contributed by atoms with Crippen LogP contribution in [0, 0.1) is 5.41 Å². The van der Waals surface area contributed by atoms with E-state index in [0.717, 1.165) is 11.1 Å². The van der Waals surface area contributed by atoms with Crippen LogP contribution in [0.5, 0.6) is 0 Å². The zero-order chi connectivity index (χ0) is 26.2. The number of nitrogens with one attached hydrogen (secondary N) is 2. The van der Waals surface area contributed by atoms with Gasteiger partial charge in [0.15, 0.2) is 0 Å². The van der Waals surface area contributed by atoms with Crippen molar-refractivity contribution >= 4 is 27.7 Å². The van der Waals surface area contributed by atoms with Gasteiger partial charge in [0.1, 0.15) is 11.9 Å². The molecule has 0 aliphatic carbocycles. The van der Waals surface area contributed by atoms with Gasteiger partial charge in [-0.3, -0.25) is 10.2 Å². The largest absolute Gasteiger partial charge is 0.490 e. The van der Waals surface area contributed by atoms with Crippen LogP contribution in [0.15, 0.2) is 54.6 Å². The van der Waals surface area contributed by atoms with Crippen LogP contribution in [0.2, 0.25) is 0 Å². The molecule has 0 aromatic heterocycles. The van der Waals surface area contributed by atoms with Crippen LogP contribution >= 0.6 is 0 Å². The molecule has 1 aliphatic heterocycles. The second kappa shape index (κ2) is 11.8. The number of aryl methyl sites for hydroxylation is 1. The predicted octanol–water partition coefficient (Wildman–Crippen LogP) is 1.87. The molecule has 1 fully saturated rings. The molecule has 1 unspecified atom stereocenters. The van der Waals surface area contributed by atoms with Gasteiger partial charge >= 0.3 is 12.1 Å². The number of carbonyl (C=O) groups excluding carboxylic acids is 1. The fourth-order valence-corrected chi connectivity index (χ4v) is 4.51. The number of rotatable bonds is 8. The minimum atomic E-state index is -5.08. The van der Waals surface area contributed by atoms with Crippen molar-refractivity contribution in [3.05, 3.63) is 71.3 Å². The highest BCUT2D eigenvalue weighted by molar-refractivity contribution is 7.89. The Bertz CT molecular complexity index is 1160. The first-order chi connectivity index (χ1) is 16.3. The molecule has 1 saturated heterocycles. The Morgan fingerprint density at radius 1 is 1.14 bits per heavy atom. The number of hydrogen-bond donors (Lipinski definition) is 4. The van der Waals surface area contributed by atoms with Gasteiger partial charge in [-0.1, -0.05) is 48.5 Å². The van der Waals surface area contributed by atoms with E-state index >= 15 is 0 Å². The summed E-state index contributed by atoms with van der Waals surface area (Å²) in [5, 5.41) is 14.6. The summed E-state index contributed by atoms with van der Waals surface area (Å²) in [7, 11) is -3.55. The number of alkyl halides is 3. The van der Waals surface area contributed by atoms with Gasteiger partial charge in [0.05, 0.1) is 5.75 Å². The summed E-state index contributed by atoms with van der Waals surface area (Å²) < 4.78 is 59.0. The van der Waals surface area contributed by atoms with Crippen molar-refractivity contribution in [1.29, 1.82) is 5.41 Å². The van der Waals surface area contributed by atoms with Gasteiger partial charge in [0.25, 0.3) is 0 Å². The summed E-state index contributed by atoms with van der Waals surface area (Å²) in [5.41, 5.74) is 7.90. The Kier molecular flexibility index (Phi) is 9.37. The first-order valence-electron chi connectivity index (χ1n) is 10.3. The fraction of sp³-hybridized carbons (Fsp3) is 0.318. The van der Waals surface area contributed by atoms with E-state index in [1.807, 2.05) is 36.4 Å². The van der Waals surface area contributed by atoms with Crippen LogP contribution in [0.1, 0.15) is 23.1 Å². The van der Waals surface area contributed by atoms with E-state index in [1.54, 1.807) is 23.1 Å². The van der Waals surface area contributed by atoms with E-state index in [9.17, 15) is 26.4 Å². The van der Waals surface area contributed by atoms with Crippen molar-refractivity contribution in [1.82, 2.24) is 9.62 Å². The van der Waals surface area contributed by atoms with Crippen LogP contribution in [0.4, 0.5) is 13.2 Å². The molecule has 1 amide bonds. The van der Waals surface area contributed by atoms with Crippen molar-refractivity contribution < 1.29 is 36.3 Å².